The number of sulfone groups is 1. The fourth-order valence-electron chi connectivity index (χ4n) is 3.61. The molecule has 3 aromatic rings. The van der Waals surface area contributed by atoms with Gasteiger partial charge in [-0.3, -0.25) is 0 Å². The molecule has 134 valence electrons. The van der Waals surface area contributed by atoms with Crippen LogP contribution in [0.5, 0.6) is 0 Å². The zero-order valence-electron chi connectivity index (χ0n) is 14.9. The predicted molar refractivity (Wildman–Crippen MR) is 103 cm³/mol. The first-order chi connectivity index (χ1) is 12.4. The van der Waals surface area contributed by atoms with Crippen LogP contribution in [-0.4, -0.2) is 24.6 Å². The molecule has 0 radical (unpaired) electrons. The second kappa shape index (κ2) is 6.36. The van der Waals surface area contributed by atoms with E-state index in [9.17, 15) is 8.42 Å². The van der Waals surface area contributed by atoms with E-state index in [0.29, 0.717) is 5.82 Å². The molecular formula is C20H21N3O2S. The van der Waals surface area contributed by atoms with E-state index in [1.165, 1.54) is 29.3 Å². The maximum Gasteiger partial charge on any atom is 0.175 e. The van der Waals surface area contributed by atoms with Gasteiger partial charge in [-0.05, 0) is 55.5 Å². The Hall–Kier alpha value is -2.47. The van der Waals surface area contributed by atoms with Crippen molar-refractivity contribution < 1.29 is 8.42 Å². The normalized spacial score (nSPS) is 17.1. The lowest BCUT2D eigenvalue weighted by Gasteiger charge is -2.27. The van der Waals surface area contributed by atoms with E-state index in [0.717, 1.165) is 30.2 Å². The fourth-order valence-corrected chi connectivity index (χ4v) is 4.26. The predicted octanol–water partition coefficient (Wildman–Crippen LogP) is 3.83. The molecule has 6 heteroatoms. The van der Waals surface area contributed by atoms with Crippen molar-refractivity contribution in [3.63, 3.8) is 0 Å². The van der Waals surface area contributed by atoms with Gasteiger partial charge in [0.25, 0.3) is 0 Å². The number of anilines is 1. The molecule has 1 aliphatic carbocycles. The number of aromatic nitrogens is 2. The van der Waals surface area contributed by atoms with Gasteiger partial charge in [-0.25, -0.2) is 18.4 Å². The monoisotopic (exact) mass is 367 g/mol. The number of benzene rings is 2. The number of nitrogens with one attached hydrogen (secondary N) is 1. The molecule has 0 bridgehead atoms. The van der Waals surface area contributed by atoms with Crippen LogP contribution in [0.25, 0.3) is 10.9 Å². The Labute approximate surface area is 153 Å². The van der Waals surface area contributed by atoms with Crippen molar-refractivity contribution in [3.05, 3.63) is 59.4 Å². The molecular weight excluding hydrogens is 346 g/mol. The van der Waals surface area contributed by atoms with E-state index in [1.54, 1.807) is 18.2 Å². The van der Waals surface area contributed by atoms with Crippen molar-refractivity contribution in [1.29, 1.82) is 0 Å². The minimum absolute atomic E-state index is 0.165. The highest BCUT2D eigenvalue weighted by atomic mass is 32.2. The largest absolute Gasteiger partial charge is 0.363 e. The number of hydrogen-bond acceptors (Lipinski definition) is 5. The average molecular weight is 367 g/mol. The van der Waals surface area contributed by atoms with Gasteiger partial charge in [-0.2, -0.15) is 0 Å². The van der Waals surface area contributed by atoms with Crippen molar-refractivity contribution >= 4 is 26.6 Å². The Morgan fingerprint density at radius 2 is 1.96 bits per heavy atom. The van der Waals surface area contributed by atoms with Crippen molar-refractivity contribution in [3.8, 4) is 0 Å². The van der Waals surface area contributed by atoms with Crippen molar-refractivity contribution in [1.82, 2.24) is 9.97 Å². The molecule has 2 aromatic carbocycles. The van der Waals surface area contributed by atoms with E-state index in [4.69, 9.17) is 0 Å². The van der Waals surface area contributed by atoms with Gasteiger partial charge in [0.2, 0.25) is 0 Å². The van der Waals surface area contributed by atoms with Gasteiger partial charge >= 0.3 is 0 Å². The third-order valence-corrected chi connectivity index (χ3v) is 6.07. The molecule has 1 aliphatic rings. The number of rotatable bonds is 3. The van der Waals surface area contributed by atoms with Crippen molar-refractivity contribution in [2.75, 3.05) is 11.6 Å². The molecule has 0 aliphatic heterocycles. The zero-order chi connectivity index (χ0) is 18.3. The molecule has 1 aromatic heterocycles. The maximum absolute atomic E-state index is 11.9. The molecule has 0 saturated heterocycles. The summed E-state index contributed by atoms with van der Waals surface area (Å²) in [5.74, 6) is 0.680. The lowest BCUT2D eigenvalue weighted by atomic mass is 9.86. The SMILES string of the molecule is Cc1ccc2c(c1)C(Nc1ncnc3ccc(S(C)(=O)=O)cc13)CCC2. The minimum Gasteiger partial charge on any atom is -0.363 e. The van der Waals surface area contributed by atoms with Crippen LogP contribution >= 0.6 is 0 Å². The van der Waals surface area contributed by atoms with Gasteiger partial charge < -0.3 is 5.32 Å². The smallest absolute Gasteiger partial charge is 0.175 e. The summed E-state index contributed by atoms with van der Waals surface area (Å²) in [4.78, 5) is 8.95. The minimum atomic E-state index is -3.28. The Morgan fingerprint density at radius 3 is 2.77 bits per heavy atom. The van der Waals surface area contributed by atoms with Gasteiger partial charge in [0.1, 0.15) is 12.1 Å². The summed E-state index contributed by atoms with van der Waals surface area (Å²) in [6, 6.07) is 11.7. The molecule has 4 rings (SSSR count). The highest BCUT2D eigenvalue weighted by Crippen LogP contribution is 2.34. The summed E-state index contributed by atoms with van der Waals surface area (Å²) in [5.41, 5.74) is 4.65. The second-order valence-electron chi connectivity index (χ2n) is 6.96. The number of hydrogen-bond donors (Lipinski definition) is 1. The van der Waals surface area contributed by atoms with Crippen LogP contribution in [0.4, 0.5) is 5.82 Å². The molecule has 5 nitrogen and oxygen atoms in total. The summed E-state index contributed by atoms with van der Waals surface area (Å²) >= 11 is 0. The molecule has 0 spiro atoms. The van der Waals surface area contributed by atoms with Gasteiger partial charge in [0.15, 0.2) is 9.84 Å². The van der Waals surface area contributed by atoms with E-state index < -0.39 is 9.84 Å². The van der Waals surface area contributed by atoms with E-state index >= 15 is 0 Å². The van der Waals surface area contributed by atoms with E-state index in [2.05, 4.69) is 40.4 Å². The first-order valence-electron chi connectivity index (χ1n) is 8.72. The Balaban J connectivity index is 1.78. The number of aryl methyl sites for hydroxylation is 2. The van der Waals surface area contributed by atoms with Crippen molar-refractivity contribution in [2.24, 2.45) is 0 Å². The Bertz CT molecular complexity index is 1090. The van der Waals surface area contributed by atoms with E-state index in [-0.39, 0.29) is 10.9 Å². The molecule has 26 heavy (non-hydrogen) atoms. The average Bonchev–Trinajstić information content (AvgIpc) is 2.61. The summed E-state index contributed by atoms with van der Waals surface area (Å²) in [6.07, 6.45) is 5.96. The number of fused-ring (bicyclic) bond motifs is 2. The van der Waals surface area contributed by atoms with Crippen LogP contribution in [0.3, 0.4) is 0 Å². The quantitative estimate of drug-likeness (QED) is 0.762. The maximum atomic E-state index is 11.9. The van der Waals surface area contributed by atoms with Crippen LogP contribution in [0.1, 0.15) is 35.6 Å². The Morgan fingerprint density at radius 1 is 1.12 bits per heavy atom. The summed E-state index contributed by atoms with van der Waals surface area (Å²) in [7, 11) is -3.28. The van der Waals surface area contributed by atoms with E-state index in [1.807, 2.05) is 0 Å². The highest BCUT2D eigenvalue weighted by Gasteiger charge is 2.21. The molecule has 1 unspecified atom stereocenters. The molecule has 1 heterocycles. The fraction of sp³-hybridized carbons (Fsp3) is 0.300. The molecule has 0 fully saturated rings. The van der Waals surface area contributed by atoms with Crippen LogP contribution in [0, 0.1) is 6.92 Å². The summed E-state index contributed by atoms with van der Waals surface area (Å²) in [6.45, 7) is 2.10. The van der Waals surface area contributed by atoms with Crippen LogP contribution in [0.2, 0.25) is 0 Å². The van der Waals surface area contributed by atoms with Crippen LogP contribution in [0.15, 0.2) is 47.6 Å². The number of nitrogens with zero attached hydrogens (tertiary/aromatic N) is 2. The van der Waals surface area contributed by atoms with Crippen molar-refractivity contribution in [2.45, 2.75) is 37.1 Å². The summed E-state index contributed by atoms with van der Waals surface area (Å²) < 4.78 is 23.8. The topological polar surface area (TPSA) is 72.0 Å². The Kier molecular flexibility index (Phi) is 4.15. The third-order valence-electron chi connectivity index (χ3n) is 4.96. The standard InChI is InChI=1S/C20H21N3O2S/c1-13-6-7-14-4-3-5-19(16(14)10-13)23-20-17-11-15(26(2,24)25)8-9-18(17)21-12-22-20/h6-12,19H,3-5H2,1-2H3,(H,21,22,23). The zero-order valence-corrected chi connectivity index (χ0v) is 15.7. The van der Waals surface area contributed by atoms with Gasteiger partial charge in [-0.15, -0.1) is 0 Å². The van der Waals surface area contributed by atoms with Crippen LogP contribution in [-0.2, 0) is 16.3 Å². The lowest BCUT2D eigenvalue weighted by Crippen LogP contribution is -2.18. The molecule has 1 atom stereocenters. The van der Waals surface area contributed by atoms with Crippen LogP contribution < -0.4 is 5.32 Å². The summed E-state index contributed by atoms with van der Waals surface area (Å²) in [5, 5.41) is 4.27. The van der Waals surface area contributed by atoms with Gasteiger partial charge in [0.05, 0.1) is 16.5 Å². The molecule has 0 amide bonds. The van der Waals surface area contributed by atoms with Gasteiger partial charge in [0, 0.05) is 11.6 Å². The highest BCUT2D eigenvalue weighted by molar-refractivity contribution is 7.90. The first-order valence-corrected chi connectivity index (χ1v) is 10.6. The molecule has 1 N–H and O–H groups in total. The third kappa shape index (κ3) is 3.17. The second-order valence-corrected chi connectivity index (χ2v) is 8.98. The first kappa shape index (κ1) is 17.0. The molecule has 0 saturated carbocycles. The van der Waals surface area contributed by atoms with Gasteiger partial charge in [-0.1, -0.05) is 23.8 Å². The lowest BCUT2D eigenvalue weighted by molar-refractivity contribution is 0.598.